The summed E-state index contributed by atoms with van der Waals surface area (Å²) in [5.41, 5.74) is 0. The highest BCUT2D eigenvalue weighted by molar-refractivity contribution is 9.09. The van der Waals surface area contributed by atoms with Crippen molar-refractivity contribution < 1.29 is 5.11 Å². The molecule has 0 aromatic heterocycles. The zero-order valence-corrected chi connectivity index (χ0v) is 10.4. The molecule has 0 aromatic carbocycles. The van der Waals surface area contributed by atoms with E-state index in [0.29, 0.717) is 6.61 Å². The molecule has 0 spiro atoms. The standard InChI is InChI=1S/C11H23BrO/c1-11(10-12)8-6-4-2-3-5-7-9-13/h11,13H,2-10H2,1H3. The van der Waals surface area contributed by atoms with Crippen molar-refractivity contribution in [2.24, 2.45) is 5.92 Å². The molecule has 1 N–H and O–H groups in total. The summed E-state index contributed by atoms with van der Waals surface area (Å²) in [5, 5.41) is 9.70. The van der Waals surface area contributed by atoms with Crippen LogP contribution >= 0.6 is 15.9 Å². The summed E-state index contributed by atoms with van der Waals surface area (Å²) < 4.78 is 0. The van der Waals surface area contributed by atoms with Crippen molar-refractivity contribution in [1.82, 2.24) is 0 Å². The fraction of sp³-hybridized carbons (Fsp3) is 1.00. The Morgan fingerprint density at radius 3 is 2.08 bits per heavy atom. The Kier molecular flexibility index (Phi) is 10.9. The van der Waals surface area contributed by atoms with Crippen LogP contribution in [-0.2, 0) is 0 Å². The predicted molar refractivity (Wildman–Crippen MR) is 62.4 cm³/mol. The molecule has 0 amide bonds. The highest BCUT2D eigenvalue weighted by Gasteiger charge is 1.98. The third-order valence-electron chi connectivity index (χ3n) is 2.37. The molecule has 0 aliphatic carbocycles. The minimum Gasteiger partial charge on any atom is -0.396 e. The highest BCUT2D eigenvalue weighted by Crippen LogP contribution is 2.13. The number of hydrogen-bond acceptors (Lipinski definition) is 1. The van der Waals surface area contributed by atoms with Gasteiger partial charge in [-0.2, -0.15) is 0 Å². The van der Waals surface area contributed by atoms with Crippen LogP contribution in [0.5, 0.6) is 0 Å². The predicted octanol–water partition coefficient (Wildman–Crippen LogP) is 3.74. The van der Waals surface area contributed by atoms with Crippen LogP contribution in [-0.4, -0.2) is 17.0 Å². The second kappa shape index (κ2) is 10.5. The third kappa shape index (κ3) is 10.4. The number of hydrogen-bond donors (Lipinski definition) is 1. The lowest BCUT2D eigenvalue weighted by atomic mass is 10.0. The second-order valence-electron chi connectivity index (χ2n) is 3.89. The van der Waals surface area contributed by atoms with Gasteiger partial charge in [-0.15, -0.1) is 0 Å². The molecule has 1 nitrogen and oxygen atoms in total. The quantitative estimate of drug-likeness (QED) is 0.489. The Morgan fingerprint density at radius 2 is 1.54 bits per heavy atom. The summed E-state index contributed by atoms with van der Waals surface area (Å²) in [6.45, 7) is 2.65. The maximum atomic E-state index is 8.57. The van der Waals surface area contributed by atoms with Crippen LogP contribution in [0.1, 0.15) is 51.9 Å². The van der Waals surface area contributed by atoms with Crippen molar-refractivity contribution in [3.8, 4) is 0 Å². The van der Waals surface area contributed by atoms with Crippen molar-refractivity contribution >= 4 is 15.9 Å². The Morgan fingerprint density at radius 1 is 1.00 bits per heavy atom. The molecule has 0 aromatic rings. The summed E-state index contributed by atoms with van der Waals surface area (Å²) in [4.78, 5) is 0. The van der Waals surface area contributed by atoms with E-state index in [0.717, 1.165) is 17.7 Å². The van der Waals surface area contributed by atoms with Gasteiger partial charge in [0.05, 0.1) is 0 Å². The number of aliphatic hydroxyl groups excluding tert-OH is 1. The van der Waals surface area contributed by atoms with E-state index >= 15 is 0 Å². The normalized spacial score (nSPS) is 13.2. The first-order valence-electron chi connectivity index (χ1n) is 5.48. The van der Waals surface area contributed by atoms with Gasteiger partial charge in [0, 0.05) is 11.9 Å². The molecule has 13 heavy (non-hydrogen) atoms. The molecule has 0 aliphatic heterocycles. The monoisotopic (exact) mass is 250 g/mol. The topological polar surface area (TPSA) is 20.2 Å². The molecular weight excluding hydrogens is 228 g/mol. The van der Waals surface area contributed by atoms with Crippen molar-refractivity contribution in [3.05, 3.63) is 0 Å². The SMILES string of the molecule is CC(CBr)CCCCCCCCO. The molecule has 80 valence electrons. The largest absolute Gasteiger partial charge is 0.396 e. The molecule has 0 saturated heterocycles. The van der Waals surface area contributed by atoms with Crippen LogP contribution in [0.3, 0.4) is 0 Å². The van der Waals surface area contributed by atoms with Gasteiger partial charge < -0.3 is 5.11 Å². The fourth-order valence-electron chi connectivity index (χ4n) is 1.39. The lowest BCUT2D eigenvalue weighted by Gasteiger charge is -2.06. The Bertz CT molecular complexity index is 96.1. The number of unbranched alkanes of at least 4 members (excludes halogenated alkanes) is 5. The molecule has 2 heteroatoms. The van der Waals surface area contributed by atoms with E-state index in [1.807, 2.05) is 0 Å². The summed E-state index contributed by atoms with van der Waals surface area (Å²) in [6.07, 6.45) is 8.90. The molecular formula is C11H23BrO. The van der Waals surface area contributed by atoms with E-state index in [2.05, 4.69) is 22.9 Å². The second-order valence-corrected chi connectivity index (χ2v) is 4.54. The van der Waals surface area contributed by atoms with Gasteiger partial charge in [0.2, 0.25) is 0 Å². The zero-order valence-electron chi connectivity index (χ0n) is 8.77. The summed E-state index contributed by atoms with van der Waals surface area (Å²) in [6, 6.07) is 0. The van der Waals surface area contributed by atoms with Gasteiger partial charge in [-0.3, -0.25) is 0 Å². The molecule has 0 radical (unpaired) electrons. The number of alkyl halides is 1. The first kappa shape index (κ1) is 13.4. The van der Waals surface area contributed by atoms with Gasteiger partial charge in [-0.25, -0.2) is 0 Å². The summed E-state index contributed by atoms with van der Waals surface area (Å²) in [5.74, 6) is 0.831. The number of halogens is 1. The first-order valence-corrected chi connectivity index (χ1v) is 6.60. The molecule has 0 saturated carbocycles. The minimum absolute atomic E-state index is 0.362. The van der Waals surface area contributed by atoms with Crippen LogP contribution < -0.4 is 0 Å². The van der Waals surface area contributed by atoms with Crippen LogP contribution in [0.25, 0.3) is 0 Å². The summed E-state index contributed by atoms with van der Waals surface area (Å²) in [7, 11) is 0. The minimum atomic E-state index is 0.362. The Hall–Kier alpha value is 0.440. The maximum absolute atomic E-state index is 8.57. The molecule has 0 heterocycles. The van der Waals surface area contributed by atoms with Gasteiger partial charge in [0.25, 0.3) is 0 Å². The molecule has 1 atom stereocenters. The van der Waals surface area contributed by atoms with E-state index in [9.17, 15) is 0 Å². The average molecular weight is 251 g/mol. The summed E-state index contributed by atoms with van der Waals surface area (Å²) >= 11 is 3.49. The molecule has 0 bridgehead atoms. The van der Waals surface area contributed by atoms with Crippen molar-refractivity contribution in [1.29, 1.82) is 0 Å². The Balaban J connectivity index is 2.91. The van der Waals surface area contributed by atoms with E-state index < -0.39 is 0 Å². The van der Waals surface area contributed by atoms with Gasteiger partial charge >= 0.3 is 0 Å². The average Bonchev–Trinajstić information content (AvgIpc) is 2.16. The van der Waals surface area contributed by atoms with Crippen molar-refractivity contribution in [2.45, 2.75) is 51.9 Å². The third-order valence-corrected chi connectivity index (χ3v) is 3.47. The lowest BCUT2D eigenvalue weighted by Crippen LogP contribution is -1.94. The van der Waals surface area contributed by atoms with Gasteiger partial charge in [0.15, 0.2) is 0 Å². The van der Waals surface area contributed by atoms with E-state index in [1.54, 1.807) is 0 Å². The van der Waals surface area contributed by atoms with Crippen molar-refractivity contribution in [3.63, 3.8) is 0 Å². The van der Waals surface area contributed by atoms with Crippen LogP contribution in [0, 0.1) is 5.92 Å². The smallest absolute Gasteiger partial charge is 0.0431 e. The van der Waals surface area contributed by atoms with Crippen LogP contribution in [0.15, 0.2) is 0 Å². The first-order chi connectivity index (χ1) is 6.31. The molecule has 0 fully saturated rings. The van der Waals surface area contributed by atoms with Gasteiger partial charge in [-0.05, 0) is 18.8 Å². The van der Waals surface area contributed by atoms with Crippen LogP contribution in [0.4, 0.5) is 0 Å². The zero-order chi connectivity index (χ0) is 9.94. The van der Waals surface area contributed by atoms with Gasteiger partial charge in [0.1, 0.15) is 0 Å². The van der Waals surface area contributed by atoms with Crippen molar-refractivity contribution in [2.75, 3.05) is 11.9 Å². The van der Waals surface area contributed by atoms with Crippen LogP contribution in [0.2, 0.25) is 0 Å². The molecule has 0 rings (SSSR count). The fourth-order valence-corrected chi connectivity index (χ4v) is 1.71. The van der Waals surface area contributed by atoms with Gasteiger partial charge in [-0.1, -0.05) is 55.0 Å². The molecule has 1 unspecified atom stereocenters. The number of rotatable bonds is 9. The maximum Gasteiger partial charge on any atom is 0.0431 e. The van der Waals surface area contributed by atoms with E-state index in [-0.39, 0.29) is 0 Å². The number of aliphatic hydroxyl groups is 1. The highest BCUT2D eigenvalue weighted by atomic mass is 79.9. The lowest BCUT2D eigenvalue weighted by molar-refractivity contribution is 0.282. The van der Waals surface area contributed by atoms with E-state index in [4.69, 9.17) is 5.11 Å². The van der Waals surface area contributed by atoms with E-state index in [1.165, 1.54) is 38.5 Å². The Labute approximate surface area is 91.1 Å². The molecule has 0 aliphatic rings.